The van der Waals surface area contributed by atoms with E-state index < -0.39 is 5.60 Å². The predicted octanol–water partition coefficient (Wildman–Crippen LogP) is 4.20. The molecule has 0 aliphatic carbocycles. The molecule has 4 aromatic rings. The van der Waals surface area contributed by atoms with Crippen molar-refractivity contribution < 1.29 is 14.3 Å². The van der Waals surface area contributed by atoms with Gasteiger partial charge < -0.3 is 24.3 Å². The lowest BCUT2D eigenvalue weighted by Gasteiger charge is -2.37. The molecule has 0 bridgehead atoms. The third kappa shape index (κ3) is 5.04. The van der Waals surface area contributed by atoms with E-state index >= 15 is 0 Å². The number of aryl methyl sites for hydroxylation is 2. The molecular formula is C27H31N7O3. The Morgan fingerprint density at radius 1 is 1.03 bits per heavy atom. The van der Waals surface area contributed by atoms with Gasteiger partial charge in [-0.25, -0.2) is 9.78 Å². The van der Waals surface area contributed by atoms with Gasteiger partial charge in [0.15, 0.2) is 0 Å². The van der Waals surface area contributed by atoms with Crippen LogP contribution in [-0.4, -0.2) is 68.3 Å². The fourth-order valence-electron chi connectivity index (χ4n) is 4.64. The molecular weight excluding hydrogens is 470 g/mol. The van der Waals surface area contributed by atoms with Gasteiger partial charge in [0.1, 0.15) is 16.8 Å². The average Bonchev–Trinajstić information content (AvgIpc) is 3.23. The van der Waals surface area contributed by atoms with Crippen LogP contribution in [0.2, 0.25) is 0 Å². The fraction of sp³-hybridized carbons (Fsp3) is 0.370. The Morgan fingerprint density at radius 3 is 2.51 bits per heavy atom. The molecule has 1 aromatic carbocycles. The van der Waals surface area contributed by atoms with Gasteiger partial charge in [-0.2, -0.15) is 5.10 Å². The molecule has 0 saturated carbocycles. The number of pyridine rings is 1. The molecule has 0 radical (unpaired) electrons. The van der Waals surface area contributed by atoms with Crippen molar-refractivity contribution >= 4 is 39.9 Å². The van der Waals surface area contributed by atoms with Gasteiger partial charge in [0.2, 0.25) is 0 Å². The minimum Gasteiger partial charge on any atom is -0.444 e. The molecule has 1 aliphatic heterocycles. The molecule has 0 atom stereocenters. The molecule has 4 heterocycles. The van der Waals surface area contributed by atoms with E-state index in [0.717, 1.165) is 28.0 Å². The summed E-state index contributed by atoms with van der Waals surface area (Å²) in [6.07, 6.45) is 5.11. The highest BCUT2D eigenvalue weighted by Crippen LogP contribution is 2.29. The van der Waals surface area contributed by atoms with Crippen LogP contribution in [0.3, 0.4) is 0 Å². The molecule has 192 valence electrons. The summed E-state index contributed by atoms with van der Waals surface area (Å²) in [5.41, 5.74) is 4.82. The predicted molar refractivity (Wildman–Crippen MR) is 142 cm³/mol. The van der Waals surface area contributed by atoms with Crippen molar-refractivity contribution in [3.63, 3.8) is 0 Å². The summed E-state index contributed by atoms with van der Waals surface area (Å²) in [6, 6.07) is 7.51. The fourth-order valence-corrected chi connectivity index (χ4v) is 4.64. The summed E-state index contributed by atoms with van der Waals surface area (Å²) in [4.78, 5) is 34.2. The van der Waals surface area contributed by atoms with Crippen LogP contribution in [0.15, 0.2) is 42.9 Å². The van der Waals surface area contributed by atoms with Crippen molar-refractivity contribution in [3.05, 3.63) is 59.7 Å². The smallest absolute Gasteiger partial charge is 0.410 e. The summed E-state index contributed by atoms with van der Waals surface area (Å²) < 4.78 is 7.43. The minimum atomic E-state index is -0.526. The molecule has 10 heteroatoms. The number of piperazine rings is 1. The van der Waals surface area contributed by atoms with Gasteiger partial charge in [0.05, 0.1) is 23.1 Å². The second kappa shape index (κ2) is 9.34. The quantitative estimate of drug-likeness (QED) is 0.448. The summed E-state index contributed by atoms with van der Waals surface area (Å²) in [5.74, 6) is -0.262. The number of ether oxygens (including phenoxy) is 1. The lowest BCUT2D eigenvalue weighted by atomic mass is 10.1. The van der Waals surface area contributed by atoms with Crippen LogP contribution in [-0.2, 0) is 4.74 Å². The normalized spacial score (nSPS) is 14.3. The number of rotatable bonds is 3. The number of benzene rings is 1. The van der Waals surface area contributed by atoms with Crippen LogP contribution >= 0.6 is 0 Å². The van der Waals surface area contributed by atoms with E-state index in [1.54, 1.807) is 17.2 Å². The maximum absolute atomic E-state index is 13.3. The number of nitrogens with one attached hydrogen (secondary N) is 1. The summed E-state index contributed by atoms with van der Waals surface area (Å²) in [7, 11) is 0. The van der Waals surface area contributed by atoms with E-state index in [0.29, 0.717) is 42.9 Å². The summed E-state index contributed by atoms with van der Waals surface area (Å²) in [5, 5.41) is 12.2. The first-order chi connectivity index (χ1) is 17.6. The van der Waals surface area contributed by atoms with Gasteiger partial charge in [-0.05, 0) is 64.4 Å². The number of carbonyl (C=O) groups is 2. The first-order valence-corrected chi connectivity index (χ1v) is 12.3. The molecule has 10 nitrogen and oxygen atoms in total. The molecule has 1 fully saturated rings. The number of hydrogen-bond acceptors (Lipinski definition) is 7. The van der Waals surface area contributed by atoms with Crippen molar-refractivity contribution in [2.45, 2.75) is 40.2 Å². The third-order valence-corrected chi connectivity index (χ3v) is 6.29. The maximum atomic E-state index is 13.3. The Kier molecular flexibility index (Phi) is 6.18. The number of carbonyl (C=O) groups excluding carboxylic acids is 2. The zero-order chi connectivity index (χ0) is 26.3. The number of imidazole rings is 1. The third-order valence-electron chi connectivity index (χ3n) is 6.29. The van der Waals surface area contributed by atoms with Crippen molar-refractivity contribution in [2.24, 2.45) is 0 Å². The van der Waals surface area contributed by atoms with E-state index in [1.807, 2.05) is 69.6 Å². The first-order valence-electron chi connectivity index (χ1n) is 12.3. The first kappa shape index (κ1) is 24.5. The Morgan fingerprint density at radius 2 is 1.78 bits per heavy atom. The van der Waals surface area contributed by atoms with Gasteiger partial charge >= 0.3 is 6.09 Å². The molecule has 0 unspecified atom stereocenters. The number of hydrogen-bond donors (Lipinski definition) is 1. The Hall–Kier alpha value is -4.21. The molecule has 2 amide bonds. The monoisotopic (exact) mass is 501 g/mol. The lowest BCUT2D eigenvalue weighted by Crippen LogP contribution is -2.50. The molecule has 5 rings (SSSR count). The van der Waals surface area contributed by atoms with Crippen molar-refractivity contribution in [1.82, 2.24) is 24.5 Å². The van der Waals surface area contributed by atoms with E-state index in [1.165, 1.54) is 0 Å². The number of nitrogens with zero attached hydrogens (tertiary/aromatic N) is 6. The molecule has 3 aromatic heterocycles. The van der Waals surface area contributed by atoms with Crippen molar-refractivity contribution in [2.75, 3.05) is 36.4 Å². The van der Waals surface area contributed by atoms with Crippen LogP contribution < -0.4 is 10.2 Å². The number of aromatic nitrogens is 4. The second-order valence-corrected chi connectivity index (χ2v) is 10.4. The zero-order valence-electron chi connectivity index (χ0n) is 21.8. The summed E-state index contributed by atoms with van der Waals surface area (Å²) in [6.45, 7) is 11.9. The zero-order valence-corrected chi connectivity index (χ0v) is 21.8. The Bertz CT molecular complexity index is 1500. The van der Waals surface area contributed by atoms with Crippen LogP contribution in [0.5, 0.6) is 0 Å². The van der Waals surface area contributed by atoms with Crippen LogP contribution in [0.4, 0.5) is 16.2 Å². The molecule has 0 spiro atoms. The SMILES string of the molecule is Cc1cn2cc(NC(=O)c3ccc(N4CCN(C(=O)OC(C)(C)C)CC4)c4ccnnc34)cc(C)c2n1. The van der Waals surface area contributed by atoms with Crippen molar-refractivity contribution in [1.29, 1.82) is 0 Å². The molecule has 37 heavy (non-hydrogen) atoms. The highest BCUT2D eigenvalue weighted by Gasteiger charge is 2.27. The topological polar surface area (TPSA) is 105 Å². The second-order valence-electron chi connectivity index (χ2n) is 10.4. The van der Waals surface area contributed by atoms with E-state index in [2.05, 4.69) is 25.4 Å². The van der Waals surface area contributed by atoms with Gasteiger partial charge in [0.25, 0.3) is 5.91 Å². The largest absolute Gasteiger partial charge is 0.444 e. The lowest BCUT2D eigenvalue weighted by molar-refractivity contribution is 0.0240. The van der Waals surface area contributed by atoms with Gasteiger partial charge in [-0.1, -0.05) is 0 Å². The maximum Gasteiger partial charge on any atom is 0.410 e. The van der Waals surface area contributed by atoms with E-state index in [4.69, 9.17) is 4.74 Å². The van der Waals surface area contributed by atoms with Gasteiger partial charge in [-0.15, -0.1) is 5.10 Å². The van der Waals surface area contributed by atoms with E-state index in [-0.39, 0.29) is 12.0 Å². The average molecular weight is 502 g/mol. The number of anilines is 2. The number of amides is 2. The Balaban J connectivity index is 1.37. The van der Waals surface area contributed by atoms with Gasteiger partial charge in [-0.3, -0.25) is 4.79 Å². The Labute approximate surface area is 215 Å². The minimum absolute atomic E-state index is 0.262. The van der Waals surface area contributed by atoms with Gasteiger partial charge in [0, 0.05) is 49.6 Å². The standard InChI is InChI=1S/C27H31N7O3/c1-17-14-19(16-34-15-18(2)29-24(17)34)30-25(35)21-6-7-22(20-8-9-28-31-23(20)21)32-10-12-33(13-11-32)26(36)37-27(3,4)5/h6-9,14-16H,10-13H2,1-5H3,(H,30,35). The summed E-state index contributed by atoms with van der Waals surface area (Å²) >= 11 is 0. The highest BCUT2D eigenvalue weighted by molar-refractivity contribution is 6.13. The highest BCUT2D eigenvalue weighted by atomic mass is 16.6. The molecule has 1 aliphatic rings. The number of fused-ring (bicyclic) bond motifs is 2. The van der Waals surface area contributed by atoms with Crippen LogP contribution in [0.25, 0.3) is 16.6 Å². The van der Waals surface area contributed by atoms with Crippen molar-refractivity contribution in [3.8, 4) is 0 Å². The molecule has 1 saturated heterocycles. The van der Waals surface area contributed by atoms with E-state index in [9.17, 15) is 9.59 Å². The molecule has 1 N–H and O–H groups in total. The van der Waals surface area contributed by atoms with Crippen LogP contribution in [0.1, 0.15) is 42.4 Å². The van der Waals surface area contributed by atoms with Crippen LogP contribution in [0, 0.1) is 13.8 Å².